The Morgan fingerprint density at radius 2 is 2.11 bits per heavy atom. The van der Waals surface area contributed by atoms with Crippen LogP contribution < -0.4 is 4.74 Å². The van der Waals surface area contributed by atoms with E-state index in [9.17, 15) is 0 Å². The average molecular weight is 245 g/mol. The standard InChI is InChI=1S/C15H21N2O/c1-12-14(11-17-9-7-16(2)8-10-17)13-5-3-4-6-15(13)18-12/h3-5,12,14H,7-11H2,1-2H3. The third-order valence-electron chi connectivity index (χ3n) is 4.17. The number of likely N-dealkylation sites (N-methyl/N-ethyl adjacent to an activating group) is 1. The van der Waals surface area contributed by atoms with Gasteiger partial charge in [0.2, 0.25) is 0 Å². The van der Waals surface area contributed by atoms with Crippen molar-refractivity contribution < 1.29 is 4.74 Å². The zero-order valence-electron chi connectivity index (χ0n) is 11.2. The molecule has 0 amide bonds. The molecule has 97 valence electrons. The van der Waals surface area contributed by atoms with Crippen molar-refractivity contribution in [1.82, 2.24) is 9.80 Å². The molecule has 1 aromatic rings. The third-order valence-corrected chi connectivity index (χ3v) is 4.17. The van der Waals surface area contributed by atoms with Gasteiger partial charge in [-0.15, -0.1) is 0 Å². The third kappa shape index (κ3) is 2.25. The van der Waals surface area contributed by atoms with Gasteiger partial charge >= 0.3 is 0 Å². The quantitative estimate of drug-likeness (QED) is 0.787. The molecule has 3 heteroatoms. The number of para-hydroxylation sites is 1. The minimum Gasteiger partial charge on any atom is -0.489 e. The Morgan fingerprint density at radius 3 is 2.89 bits per heavy atom. The van der Waals surface area contributed by atoms with E-state index in [-0.39, 0.29) is 6.10 Å². The van der Waals surface area contributed by atoms with Gasteiger partial charge in [0.25, 0.3) is 0 Å². The minimum absolute atomic E-state index is 0.276. The van der Waals surface area contributed by atoms with Gasteiger partial charge in [0.15, 0.2) is 0 Å². The molecule has 2 aliphatic heterocycles. The van der Waals surface area contributed by atoms with Crippen LogP contribution in [0.15, 0.2) is 18.2 Å². The van der Waals surface area contributed by atoms with Crippen LogP contribution in [0.5, 0.6) is 5.75 Å². The lowest BCUT2D eigenvalue weighted by Gasteiger charge is -2.34. The first-order valence-electron chi connectivity index (χ1n) is 6.82. The summed E-state index contributed by atoms with van der Waals surface area (Å²) in [4.78, 5) is 4.96. The molecule has 2 heterocycles. The summed E-state index contributed by atoms with van der Waals surface area (Å²) in [6.07, 6.45) is 0.276. The van der Waals surface area contributed by atoms with Crippen LogP contribution in [0.25, 0.3) is 0 Å². The first-order valence-corrected chi connectivity index (χ1v) is 6.82. The van der Waals surface area contributed by atoms with Crippen LogP contribution >= 0.6 is 0 Å². The highest BCUT2D eigenvalue weighted by molar-refractivity contribution is 5.40. The second-order valence-corrected chi connectivity index (χ2v) is 5.49. The largest absolute Gasteiger partial charge is 0.489 e. The van der Waals surface area contributed by atoms with Gasteiger partial charge in [-0.2, -0.15) is 0 Å². The van der Waals surface area contributed by atoms with E-state index in [1.807, 2.05) is 6.07 Å². The van der Waals surface area contributed by atoms with Crippen molar-refractivity contribution in [3.8, 4) is 5.75 Å². The van der Waals surface area contributed by atoms with Crippen LogP contribution in [0.4, 0.5) is 0 Å². The highest BCUT2D eigenvalue weighted by atomic mass is 16.5. The van der Waals surface area contributed by atoms with Gasteiger partial charge in [0, 0.05) is 50.3 Å². The van der Waals surface area contributed by atoms with Crippen LogP contribution in [0.2, 0.25) is 0 Å². The van der Waals surface area contributed by atoms with Crippen LogP contribution in [-0.2, 0) is 0 Å². The van der Waals surface area contributed by atoms with E-state index < -0.39 is 0 Å². The van der Waals surface area contributed by atoms with Gasteiger partial charge < -0.3 is 14.5 Å². The molecular weight excluding hydrogens is 224 g/mol. The van der Waals surface area contributed by atoms with Crippen LogP contribution in [-0.4, -0.2) is 55.7 Å². The number of fused-ring (bicyclic) bond motifs is 1. The van der Waals surface area contributed by atoms with Crippen molar-refractivity contribution in [2.24, 2.45) is 0 Å². The number of rotatable bonds is 2. The zero-order chi connectivity index (χ0) is 12.5. The minimum atomic E-state index is 0.276. The molecule has 18 heavy (non-hydrogen) atoms. The fraction of sp³-hybridized carbons (Fsp3) is 0.600. The molecule has 2 atom stereocenters. The van der Waals surface area contributed by atoms with Gasteiger partial charge in [-0.3, -0.25) is 0 Å². The number of nitrogens with zero attached hydrogens (tertiary/aromatic N) is 2. The predicted molar refractivity (Wildman–Crippen MR) is 72.0 cm³/mol. The second-order valence-electron chi connectivity index (χ2n) is 5.49. The van der Waals surface area contributed by atoms with Gasteiger partial charge in [-0.25, -0.2) is 0 Å². The average Bonchev–Trinajstić information content (AvgIpc) is 2.69. The van der Waals surface area contributed by atoms with Crippen molar-refractivity contribution in [2.45, 2.75) is 18.9 Å². The highest BCUT2D eigenvalue weighted by Crippen LogP contribution is 2.37. The topological polar surface area (TPSA) is 15.7 Å². The van der Waals surface area contributed by atoms with Crippen LogP contribution in [0.3, 0.4) is 0 Å². The molecule has 0 aliphatic carbocycles. The van der Waals surface area contributed by atoms with E-state index in [0.717, 1.165) is 12.3 Å². The summed E-state index contributed by atoms with van der Waals surface area (Å²) in [7, 11) is 2.20. The van der Waals surface area contributed by atoms with Crippen molar-refractivity contribution in [3.05, 3.63) is 29.8 Å². The predicted octanol–water partition coefficient (Wildman–Crippen LogP) is 1.60. The molecule has 1 fully saturated rings. The number of benzene rings is 1. The van der Waals surface area contributed by atoms with Crippen molar-refractivity contribution in [2.75, 3.05) is 39.8 Å². The summed E-state index contributed by atoms with van der Waals surface area (Å²) < 4.78 is 5.89. The Balaban J connectivity index is 1.69. The summed E-state index contributed by atoms with van der Waals surface area (Å²) in [6, 6.07) is 9.40. The molecule has 1 aromatic carbocycles. The fourth-order valence-corrected chi connectivity index (χ4v) is 2.90. The SMILES string of the molecule is CC1Oc2[c]cccc2C1CN1CCN(C)CC1. The van der Waals surface area contributed by atoms with Gasteiger partial charge in [0.05, 0.1) is 0 Å². The van der Waals surface area contributed by atoms with Gasteiger partial charge in [-0.05, 0) is 14.0 Å². The lowest BCUT2D eigenvalue weighted by atomic mass is 9.95. The molecule has 0 N–H and O–H groups in total. The number of hydrogen-bond acceptors (Lipinski definition) is 3. The lowest BCUT2D eigenvalue weighted by molar-refractivity contribution is 0.127. The first-order chi connectivity index (χ1) is 8.74. The molecule has 2 aliphatic rings. The molecule has 3 nitrogen and oxygen atoms in total. The Hall–Kier alpha value is -1.06. The molecule has 0 aromatic heterocycles. The van der Waals surface area contributed by atoms with Crippen LogP contribution in [0.1, 0.15) is 18.4 Å². The Morgan fingerprint density at radius 1 is 1.33 bits per heavy atom. The molecule has 0 spiro atoms. The summed E-state index contributed by atoms with van der Waals surface area (Å²) in [5.74, 6) is 1.46. The molecule has 1 radical (unpaired) electrons. The maximum Gasteiger partial charge on any atom is 0.131 e. The van der Waals surface area contributed by atoms with Crippen LogP contribution in [0, 0.1) is 6.07 Å². The van der Waals surface area contributed by atoms with Crippen molar-refractivity contribution in [3.63, 3.8) is 0 Å². The summed E-state index contributed by atoms with van der Waals surface area (Å²) in [6.45, 7) is 7.98. The number of hydrogen-bond donors (Lipinski definition) is 0. The summed E-state index contributed by atoms with van der Waals surface area (Å²) in [5.41, 5.74) is 1.34. The molecule has 0 saturated carbocycles. The Kier molecular flexibility index (Phi) is 3.27. The van der Waals surface area contributed by atoms with Crippen molar-refractivity contribution in [1.29, 1.82) is 0 Å². The summed E-state index contributed by atoms with van der Waals surface area (Å²) >= 11 is 0. The highest BCUT2D eigenvalue weighted by Gasteiger charge is 2.32. The van der Waals surface area contributed by atoms with Gasteiger partial charge in [-0.1, -0.05) is 18.2 Å². The van der Waals surface area contributed by atoms with E-state index in [4.69, 9.17) is 4.74 Å². The van der Waals surface area contributed by atoms with E-state index >= 15 is 0 Å². The molecule has 1 saturated heterocycles. The molecule has 2 unspecified atom stereocenters. The lowest BCUT2D eigenvalue weighted by Crippen LogP contribution is -2.46. The number of piperazine rings is 1. The first kappa shape index (κ1) is 12.0. The van der Waals surface area contributed by atoms with E-state index in [0.29, 0.717) is 5.92 Å². The zero-order valence-corrected chi connectivity index (χ0v) is 11.2. The van der Waals surface area contributed by atoms with Gasteiger partial charge in [0.1, 0.15) is 11.9 Å². The van der Waals surface area contributed by atoms with E-state index in [1.165, 1.54) is 31.7 Å². The fourth-order valence-electron chi connectivity index (χ4n) is 2.90. The maximum atomic E-state index is 5.89. The normalized spacial score (nSPS) is 29.0. The molecule has 3 rings (SSSR count). The molecule has 0 bridgehead atoms. The molecular formula is C15H21N2O. The van der Waals surface area contributed by atoms with E-state index in [1.54, 1.807) is 0 Å². The van der Waals surface area contributed by atoms with Crippen molar-refractivity contribution >= 4 is 0 Å². The maximum absolute atomic E-state index is 5.89. The number of ether oxygens (including phenoxy) is 1. The Bertz CT molecular complexity index is 413. The Labute approximate surface area is 109 Å². The second kappa shape index (κ2) is 4.90. The van der Waals surface area contributed by atoms with E-state index in [2.05, 4.69) is 42.0 Å². The summed E-state index contributed by atoms with van der Waals surface area (Å²) in [5, 5.41) is 0. The smallest absolute Gasteiger partial charge is 0.131 e. The monoisotopic (exact) mass is 245 g/mol.